The second kappa shape index (κ2) is 3.72. The van der Waals surface area contributed by atoms with E-state index in [4.69, 9.17) is 5.73 Å². The first kappa shape index (κ1) is 10.6. The third-order valence-corrected chi connectivity index (χ3v) is 2.51. The molecule has 1 nitrogen and oxygen atoms in total. The van der Waals surface area contributed by atoms with Crippen LogP contribution >= 0.6 is 15.9 Å². The van der Waals surface area contributed by atoms with Crippen LogP contribution in [0.1, 0.15) is 12.5 Å². The van der Waals surface area contributed by atoms with Crippen molar-refractivity contribution in [2.75, 3.05) is 6.54 Å². The molecule has 0 fully saturated rings. The van der Waals surface area contributed by atoms with Crippen LogP contribution < -0.4 is 5.73 Å². The van der Waals surface area contributed by atoms with Crippen LogP contribution in [0.5, 0.6) is 0 Å². The molecule has 0 aliphatic carbocycles. The van der Waals surface area contributed by atoms with Gasteiger partial charge < -0.3 is 5.73 Å². The molecule has 0 aliphatic rings. The van der Waals surface area contributed by atoms with Crippen LogP contribution in [-0.2, 0) is 5.67 Å². The molecule has 1 aromatic carbocycles. The van der Waals surface area contributed by atoms with E-state index in [0.29, 0.717) is 0 Å². The Hall–Kier alpha value is -0.480. The first-order valence-electron chi connectivity index (χ1n) is 3.82. The minimum atomic E-state index is -1.81. The second-order valence-electron chi connectivity index (χ2n) is 3.00. The summed E-state index contributed by atoms with van der Waals surface area (Å²) in [6.45, 7) is 1.03. The van der Waals surface area contributed by atoms with Gasteiger partial charge in [0.15, 0.2) is 0 Å². The van der Waals surface area contributed by atoms with Crippen molar-refractivity contribution in [1.82, 2.24) is 0 Å². The molecule has 2 N–H and O–H groups in total. The minimum absolute atomic E-state index is 0.00984. The molecular formula is C9H10BrF2N. The molecule has 0 saturated carbocycles. The van der Waals surface area contributed by atoms with E-state index in [1.165, 1.54) is 19.1 Å². The molecule has 0 aromatic heterocycles. The Bertz CT molecular complexity index is 312. The highest BCUT2D eigenvalue weighted by Crippen LogP contribution is 2.30. The summed E-state index contributed by atoms with van der Waals surface area (Å²) in [5.41, 5.74) is 3.38. The first-order chi connectivity index (χ1) is 5.99. The summed E-state index contributed by atoms with van der Waals surface area (Å²) in [6.07, 6.45) is 0. The van der Waals surface area contributed by atoms with Gasteiger partial charge in [0.2, 0.25) is 0 Å². The van der Waals surface area contributed by atoms with E-state index in [-0.39, 0.29) is 16.6 Å². The highest BCUT2D eigenvalue weighted by molar-refractivity contribution is 9.10. The fraction of sp³-hybridized carbons (Fsp3) is 0.333. The van der Waals surface area contributed by atoms with E-state index in [1.807, 2.05) is 0 Å². The molecule has 1 rings (SSSR count). The van der Waals surface area contributed by atoms with Crippen LogP contribution in [0, 0.1) is 5.82 Å². The third kappa shape index (κ3) is 2.06. The van der Waals surface area contributed by atoms with Crippen LogP contribution in [0.4, 0.5) is 8.78 Å². The maximum absolute atomic E-state index is 13.6. The average molecular weight is 250 g/mol. The Morgan fingerprint density at radius 3 is 2.69 bits per heavy atom. The summed E-state index contributed by atoms with van der Waals surface area (Å²) in [6, 6.07) is 4.49. The van der Waals surface area contributed by atoms with Crippen LogP contribution in [0.2, 0.25) is 0 Å². The predicted octanol–water partition coefficient (Wildman–Crippen LogP) is 2.73. The van der Waals surface area contributed by atoms with E-state index in [0.717, 1.165) is 0 Å². The number of nitrogens with two attached hydrogens (primary N) is 1. The van der Waals surface area contributed by atoms with Gasteiger partial charge >= 0.3 is 0 Å². The molecule has 0 radical (unpaired) electrons. The number of rotatable bonds is 2. The SMILES string of the molecule is CC(F)(CN)c1cccc(Br)c1F. The Labute approximate surface area is 84.1 Å². The highest BCUT2D eigenvalue weighted by Gasteiger charge is 2.27. The van der Waals surface area contributed by atoms with E-state index in [9.17, 15) is 8.78 Å². The van der Waals surface area contributed by atoms with E-state index < -0.39 is 11.5 Å². The fourth-order valence-electron chi connectivity index (χ4n) is 1.02. The van der Waals surface area contributed by atoms with Crippen molar-refractivity contribution in [1.29, 1.82) is 0 Å². The predicted molar refractivity (Wildman–Crippen MR) is 51.6 cm³/mol. The highest BCUT2D eigenvalue weighted by atomic mass is 79.9. The lowest BCUT2D eigenvalue weighted by Gasteiger charge is -2.19. The summed E-state index contributed by atoms with van der Waals surface area (Å²) in [5, 5.41) is 0. The Morgan fingerprint density at radius 1 is 1.54 bits per heavy atom. The summed E-state index contributed by atoms with van der Waals surface area (Å²) >= 11 is 2.99. The molecule has 0 saturated heterocycles. The van der Waals surface area contributed by atoms with Gasteiger partial charge in [0.05, 0.1) is 4.47 Å². The van der Waals surface area contributed by atoms with E-state index in [1.54, 1.807) is 6.07 Å². The molecule has 1 atom stereocenters. The van der Waals surface area contributed by atoms with Gasteiger partial charge in [-0.25, -0.2) is 8.78 Å². The van der Waals surface area contributed by atoms with Gasteiger partial charge in [-0.3, -0.25) is 0 Å². The van der Waals surface area contributed by atoms with Gasteiger partial charge in [-0.1, -0.05) is 12.1 Å². The lowest BCUT2D eigenvalue weighted by Crippen LogP contribution is -2.27. The van der Waals surface area contributed by atoms with Gasteiger partial charge in [-0.05, 0) is 28.9 Å². The number of benzene rings is 1. The Kier molecular flexibility index (Phi) is 3.03. The zero-order valence-corrected chi connectivity index (χ0v) is 8.74. The fourth-order valence-corrected chi connectivity index (χ4v) is 1.38. The summed E-state index contributed by atoms with van der Waals surface area (Å²) < 4.78 is 27.2. The second-order valence-corrected chi connectivity index (χ2v) is 3.86. The first-order valence-corrected chi connectivity index (χ1v) is 4.62. The number of hydrogen-bond acceptors (Lipinski definition) is 1. The Balaban J connectivity index is 3.22. The topological polar surface area (TPSA) is 26.0 Å². The molecule has 0 heterocycles. The zero-order valence-electron chi connectivity index (χ0n) is 7.15. The summed E-state index contributed by atoms with van der Waals surface area (Å²) in [4.78, 5) is 0. The molecule has 1 aromatic rings. The van der Waals surface area contributed by atoms with Gasteiger partial charge in [-0.15, -0.1) is 0 Å². The molecule has 72 valence electrons. The standard InChI is InChI=1S/C9H10BrF2N/c1-9(12,5-13)6-3-2-4-7(10)8(6)11/h2-4H,5,13H2,1H3. The zero-order chi connectivity index (χ0) is 10.1. The van der Waals surface area contributed by atoms with Crippen LogP contribution in [0.25, 0.3) is 0 Å². The molecular weight excluding hydrogens is 240 g/mol. The number of alkyl halides is 1. The maximum atomic E-state index is 13.6. The smallest absolute Gasteiger partial charge is 0.148 e. The van der Waals surface area contributed by atoms with Gasteiger partial charge in [-0.2, -0.15) is 0 Å². The van der Waals surface area contributed by atoms with E-state index in [2.05, 4.69) is 15.9 Å². The maximum Gasteiger partial charge on any atom is 0.148 e. The lowest BCUT2D eigenvalue weighted by atomic mass is 9.98. The summed E-state index contributed by atoms with van der Waals surface area (Å²) in [7, 11) is 0. The average Bonchev–Trinajstić information content (AvgIpc) is 2.09. The van der Waals surface area contributed by atoms with Crippen LogP contribution in [0.15, 0.2) is 22.7 Å². The van der Waals surface area contributed by atoms with Gasteiger partial charge in [0, 0.05) is 12.1 Å². The molecule has 0 amide bonds. The number of hydrogen-bond donors (Lipinski definition) is 1. The third-order valence-electron chi connectivity index (χ3n) is 1.90. The molecule has 0 spiro atoms. The quantitative estimate of drug-likeness (QED) is 0.858. The summed E-state index contributed by atoms with van der Waals surface area (Å²) in [5.74, 6) is -0.585. The Morgan fingerprint density at radius 2 is 2.15 bits per heavy atom. The van der Waals surface area contributed by atoms with Crippen molar-refractivity contribution in [2.45, 2.75) is 12.6 Å². The van der Waals surface area contributed by atoms with Crippen LogP contribution in [0.3, 0.4) is 0 Å². The van der Waals surface area contributed by atoms with Crippen LogP contribution in [-0.4, -0.2) is 6.54 Å². The van der Waals surface area contributed by atoms with Crippen molar-refractivity contribution in [3.63, 3.8) is 0 Å². The lowest BCUT2D eigenvalue weighted by molar-refractivity contribution is 0.196. The number of halogens is 3. The normalized spacial score (nSPS) is 15.5. The molecule has 13 heavy (non-hydrogen) atoms. The molecule has 1 unspecified atom stereocenters. The van der Waals surface area contributed by atoms with Gasteiger partial charge in [0.1, 0.15) is 11.5 Å². The minimum Gasteiger partial charge on any atom is -0.327 e. The van der Waals surface area contributed by atoms with Crippen molar-refractivity contribution in [3.05, 3.63) is 34.1 Å². The largest absolute Gasteiger partial charge is 0.327 e. The molecule has 0 bridgehead atoms. The van der Waals surface area contributed by atoms with Gasteiger partial charge in [0.25, 0.3) is 0 Å². The monoisotopic (exact) mass is 249 g/mol. The van der Waals surface area contributed by atoms with Crippen molar-refractivity contribution >= 4 is 15.9 Å². The van der Waals surface area contributed by atoms with E-state index >= 15 is 0 Å². The van der Waals surface area contributed by atoms with Crippen molar-refractivity contribution in [2.24, 2.45) is 5.73 Å². The molecule has 0 aliphatic heterocycles. The molecule has 4 heteroatoms. The van der Waals surface area contributed by atoms with Crippen molar-refractivity contribution < 1.29 is 8.78 Å². The van der Waals surface area contributed by atoms with Crippen molar-refractivity contribution in [3.8, 4) is 0 Å².